The Morgan fingerprint density at radius 1 is 1.08 bits per heavy atom. The molecule has 1 aliphatic heterocycles. The van der Waals surface area contributed by atoms with Crippen LogP contribution < -0.4 is 0 Å². The predicted molar refractivity (Wildman–Crippen MR) is 100 cm³/mol. The van der Waals surface area contributed by atoms with Crippen molar-refractivity contribution >= 4 is 32.7 Å². The first kappa shape index (κ1) is 15.5. The molecular formula is C20H19BrN2O. The highest BCUT2D eigenvalue weighted by Gasteiger charge is 2.33. The molecule has 3 nitrogen and oxygen atoms in total. The van der Waals surface area contributed by atoms with Crippen molar-refractivity contribution in [2.24, 2.45) is 7.05 Å². The summed E-state index contributed by atoms with van der Waals surface area (Å²) in [4.78, 5) is 15.3. The Kier molecular flexibility index (Phi) is 3.93. The van der Waals surface area contributed by atoms with Crippen molar-refractivity contribution in [2.75, 3.05) is 6.54 Å². The molecule has 1 amide bonds. The fraction of sp³-hybridized carbons (Fsp3) is 0.250. The van der Waals surface area contributed by atoms with Gasteiger partial charge in [-0.2, -0.15) is 0 Å². The molecule has 1 aromatic heterocycles. The molecule has 0 bridgehead atoms. The molecule has 2 heterocycles. The van der Waals surface area contributed by atoms with E-state index < -0.39 is 0 Å². The van der Waals surface area contributed by atoms with E-state index in [0.717, 1.165) is 40.5 Å². The van der Waals surface area contributed by atoms with E-state index in [4.69, 9.17) is 0 Å². The van der Waals surface area contributed by atoms with Crippen LogP contribution in [0.2, 0.25) is 0 Å². The van der Waals surface area contributed by atoms with Gasteiger partial charge in [-0.3, -0.25) is 4.79 Å². The van der Waals surface area contributed by atoms with E-state index in [1.165, 1.54) is 5.56 Å². The van der Waals surface area contributed by atoms with Crippen molar-refractivity contribution in [3.8, 4) is 0 Å². The SMILES string of the molecule is Cn1c(C(=O)N2CCCC2c2ccccc2)c(Br)c2ccccc21. The Morgan fingerprint density at radius 3 is 2.54 bits per heavy atom. The van der Waals surface area contributed by atoms with Gasteiger partial charge in [0.1, 0.15) is 5.69 Å². The van der Waals surface area contributed by atoms with Crippen molar-refractivity contribution < 1.29 is 4.79 Å². The summed E-state index contributed by atoms with van der Waals surface area (Å²) < 4.78 is 2.89. The highest BCUT2D eigenvalue weighted by molar-refractivity contribution is 9.10. The van der Waals surface area contributed by atoms with Gasteiger partial charge in [0.2, 0.25) is 0 Å². The zero-order valence-corrected chi connectivity index (χ0v) is 15.2. The third kappa shape index (κ3) is 2.37. The molecule has 1 aliphatic rings. The number of aryl methyl sites for hydroxylation is 1. The summed E-state index contributed by atoms with van der Waals surface area (Å²) in [6.07, 6.45) is 2.07. The van der Waals surface area contributed by atoms with Crippen LogP contribution in [0.4, 0.5) is 0 Å². The summed E-state index contributed by atoms with van der Waals surface area (Å²) in [7, 11) is 1.97. The van der Waals surface area contributed by atoms with Gasteiger partial charge in [-0.05, 0) is 40.4 Å². The Labute approximate surface area is 150 Å². The minimum absolute atomic E-state index is 0.104. The lowest BCUT2D eigenvalue weighted by Gasteiger charge is -2.25. The maximum absolute atomic E-state index is 13.3. The fourth-order valence-electron chi connectivity index (χ4n) is 3.75. The molecule has 24 heavy (non-hydrogen) atoms. The van der Waals surface area contributed by atoms with Crippen LogP contribution >= 0.6 is 15.9 Å². The fourth-order valence-corrected chi connectivity index (χ4v) is 4.52. The summed E-state index contributed by atoms with van der Waals surface area (Å²) in [5.41, 5.74) is 3.03. The monoisotopic (exact) mass is 382 g/mol. The zero-order valence-electron chi connectivity index (χ0n) is 13.6. The second-order valence-electron chi connectivity index (χ2n) is 6.31. The third-order valence-corrected chi connectivity index (χ3v) is 5.75. The van der Waals surface area contributed by atoms with Crippen molar-refractivity contribution in [2.45, 2.75) is 18.9 Å². The smallest absolute Gasteiger partial charge is 0.272 e. The molecule has 0 aliphatic carbocycles. The van der Waals surface area contributed by atoms with E-state index in [9.17, 15) is 4.79 Å². The predicted octanol–water partition coefficient (Wildman–Crippen LogP) is 4.92. The minimum Gasteiger partial charge on any atom is -0.339 e. The number of likely N-dealkylation sites (tertiary alicyclic amines) is 1. The number of para-hydroxylation sites is 1. The number of halogens is 1. The van der Waals surface area contributed by atoms with Crippen molar-refractivity contribution in [3.63, 3.8) is 0 Å². The summed E-state index contributed by atoms with van der Waals surface area (Å²) in [5, 5.41) is 1.08. The van der Waals surface area contributed by atoms with Crippen LogP contribution in [0.1, 0.15) is 34.9 Å². The van der Waals surface area contributed by atoms with Crippen molar-refractivity contribution in [1.82, 2.24) is 9.47 Å². The maximum atomic E-state index is 13.3. The molecule has 4 heteroatoms. The van der Waals surface area contributed by atoms with Gasteiger partial charge in [-0.25, -0.2) is 0 Å². The second kappa shape index (κ2) is 6.10. The molecule has 1 saturated heterocycles. The lowest BCUT2D eigenvalue weighted by molar-refractivity contribution is 0.0725. The van der Waals surface area contributed by atoms with Gasteiger partial charge in [-0.15, -0.1) is 0 Å². The number of nitrogens with zero attached hydrogens (tertiary/aromatic N) is 2. The average molecular weight is 383 g/mol. The van der Waals surface area contributed by atoms with Crippen LogP contribution in [-0.2, 0) is 7.05 Å². The molecule has 122 valence electrons. The number of rotatable bonds is 2. The van der Waals surface area contributed by atoms with Crippen molar-refractivity contribution in [1.29, 1.82) is 0 Å². The Balaban J connectivity index is 1.76. The second-order valence-corrected chi connectivity index (χ2v) is 7.10. The van der Waals surface area contributed by atoms with Gasteiger partial charge in [0, 0.05) is 24.5 Å². The summed E-state index contributed by atoms with van der Waals surface area (Å²) >= 11 is 3.66. The van der Waals surface area contributed by atoms with Crippen LogP contribution in [0, 0.1) is 0 Å². The van der Waals surface area contributed by atoms with Gasteiger partial charge in [0.05, 0.1) is 10.5 Å². The largest absolute Gasteiger partial charge is 0.339 e. The summed E-state index contributed by atoms with van der Waals surface area (Å²) in [6.45, 7) is 0.812. The van der Waals surface area contributed by atoms with E-state index in [2.05, 4.69) is 40.2 Å². The molecule has 0 saturated carbocycles. The van der Waals surface area contributed by atoms with Gasteiger partial charge in [0.15, 0.2) is 0 Å². The van der Waals surface area contributed by atoms with Gasteiger partial charge in [-0.1, -0.05) is 48.5 Å². The summed E-state index contributed by atoms with van der Waals surface area (Å²) in [6, 6.07) is 18.6. The molecule has 0 N–H and O–H groups in total. The topological polar surface area (TPSA) is 25.2 Å². The van der Waals surface area contributed by atoms with E-state index in [1.54, 1.807) is 0 Å². The molecule has 1 fully saturated rings. The molecule has 3 aromatic rings. The number of carbonyl (C=O) groups excluding carboxylic acids is 1. The number of hydrogen-bond acceptors (Lipinski definition) is 1. The average Bonchev–Trinajstić information content (AvgIpc) is 3.20. The van der Waals surface area contributed by atoms with E-state index >= 15 is 0 Å². The highest BCUT2D eigenvalue weighted by atomic mass is 79.9. The number of carbonyl (C=O) groups is 1. The van der Waals surface area contributed by atoms with Crippen LogP contribution in [0.15, 0.2) is 59.1 Å². The van der Waals surface area contributed by atoms with Crippen LogP contribution in [-0.4, -0.2) is 21.9 Å². The standard InChI is InChI=1S/C20H19BrN2O/c1-22-17-11-6-5-10-15(17)18(21)19(22)20(24)23-13-7-12-16(23)14-8-3-2-4-9-14/h2-6,8-11,16H,7,12-13H2,1H3. The normalized spacial score (nSPS) is 17.6. The van der Waals surface area contributed by atoms with Crippen LogP contribution in [0.5, 0.6) is 0 Å². The number of aromatic nitrogens is 1. The van der Waals surface area contributed by atoms with Crippen molar-refractivity contribution in [3.05, 3.63) is 70.3 Å². The molecule has 2 aromatic carbocycles. The number of amides is 1. The van der Waals surface area contributed by atoms with Crippen LogP contribution in [0.3, 0.4) is 0 Å². The lowest BCUT2D eigenvalue weighted by atomic mass is 10.0. The minimum atomic E-state index is 0.104. The lowest BCUT2D eigenvalue weighted by Crippen LogP contribution is -2.32. The van der Waals surface area contributed by atoms with Gasteiger partial charge >= 0.3 is 0 Å². The quantitative estimate of drug-likeness (QED) is 0.617. The van der Waals surface area contributed by atoms with Gasteiger partial charge < -0.3 is 9.47 Å². The van der Waals surface area contributed by atoms with E-state index in [0.29, 0.717) is 0 Å². The molecular weight excluding hydrogens is 364 g/mol. The highest BCUT2D eigenvalue weighted by Crippen LogP contribution is 2.36. The van der Waals surface area contributed by atoms with E-state index in [-0.39, 0.29) is 11.9 Å². The Morgan fingerprint density at radius 2 is 1.79 bits per heavy atom. The first-order valence-corrected chi connectivity index (χ1v) is 9.06. The van der Waals surface area contributed by atoms with Gasteiger partial charge in [0.25, 0.3) is 5.91 Å². The molecule has 1 unspecified atom stereocenters. The number of hydrogen-bond donors (Lipinski definition) is 0. The Hall–Kier alpha value is -2.07. The first-order chi connectivity index (χ1) is 11.7. The zero-order chi connectivity index (χ0) is 16.7. The first-order valence-electron chi connectivity index (χ1n) is 8.27. The molecule has 4 rings (SSSR count). The molecule has 0 spiro atoms. The molecule has 1 atom stereocenters. The van der Waals surface area contributed by atoms with E-state index in [1.807, 2.05) is 46.8 Å². The van der Waals surface area contributed by atoms with Crippen LogP contribution in [0.25, 0.3) is 10.9 Å². The molecule has 0 radical (unpaired) electrons. The number of fused-ring (bicyclic) bond motifs is 1. The Bertz CT molecular complexity index is 862. The summed E-state index contributed by atoms with van der Waals surface area (Å²) in [5.74, 6) is 0.104. The number of benzene rings is 2. The maximum Gasteiger partial charge on any atom is 0.272 e. The third-order valence-electron chi connectivity index (χ3n) is 4.95.